The van der Waals surface area contributed by atoms with Crippen molar-refractivity contribution in [2.45, 2.75) is 19.8 Å². The molecule has 56 valence electrons. The molecule has 0 bridgehead atoms. The van der Waals surface area contributed by atoms with Gasteiger partial charge in [0.2, 0.25) is 0 Å². The van der Waals surface area contributed by atoms with Gasteiger partial charge in [-0.05, 0) is 6.92 Å². The fraction of sp³-hybridized carbons (Fsp3) is 0.714. The van der Waals surface area contributed by atoms with Crippen LogP contribution in [-0.4, -0.2) is 24.3 Å². The third kappa shape index (κ3) is 3.08. The van der Waals surface area contributed by atoms with Crippen LogP contribution in [0.2, 0.25) is 0 Å². The van der Waals surface area contributed by atoms with Crippen LogP contribution in [0.1, 0.15) is 19.8 Å². The molecule has 0 radical (unpaired) electrons. The summed E-state index contributed by atoms with van der Waals surface area (Å²) >= 11 is 0. The molecule has 0 aliphatic heterocycles. The molecule has 0 aliphatic rings. The molecular formula is C7H13N3. The van der Waals surface area contributed by atoms with E-state index in [2.05, 4.69) is 0 Å². The Bertz CT molecular complexity index is 145. The molecular weight excluding hydrogens is 126 g/mol. The Labute approximate surface area is 61.8 Å². The first kappa shape index (κ1) is 8.96. The van der Waals surface area contributed by atoms with E-state index in [0.717, 1.165) is 6.54 Å². The smallest absolute Gasteiger partial charge is 0.0965 e. The molecule has 3 heteroatoms. The molecule has 0 aromatic carbocycles. The normalized spacial score (nSPS) is 8.50. The Morgan fingerprint density at radius 3 is 2.70 bits per heavy atom. The number of amidine groups is 1. The number of hydrogen-bond donors (Lipinski definition) is 1. The van der Waals surface area contributed by atoms with Crippen molar-refractivity contribution in [3.8, 4) is 6.07 Å². The second-order valence-corrected chi connectivity index (χ2v) is 2.12. The quantitative estimate of drug-likeness (QED) is 0.472. The SMILES string of the molecule is CCN(C)C(=N)CCC#N. The van der Waals surface area contributed by atoms with Gasteiger partial charge in [0.15, 0.2) is 0 Å². The van der Waals surface area contributed by atoms with Crippen LogP contribution in [0.4, 0.5) is 0 Å². The molecule has 0 heterocycles. The summed E-state index contributed by atoms with van der Waals surface area (Å²) in [5.41, 5.74) is 0. The Balaban J connectivity index is 3.54. The van der Waals surface area contributed by atoms with Gasteiger partial charge in [0.05, 0.1) is 11.9 Å². The molecule has 0 saturated carbocycles. The van der Waals surface area contributed by atoms with Crippen molar-refractivity contribution in [3.63, 3.8) is 0 Å². The highest BCUT2D eigenvalue weighted by Gasteiger charge is 1.99. The second kappa shape index (κ2) is 4.80. The van der Waals surface area contributed by atoms with Crippen LogP contribution in [0.25, 0.3) is 0 Å². The molecule has 0 amide bonds. The van der Waals surface area contributed by atoms with Gasteiger partial charge in [-0.15, -0.1) is 0 Å². The standard InChI is InChI=1S/C7H13N3/c1-3-10(2)7(9)5-4-6-8/h9H,3-5H2,1-2H3. The van der Waals surface area contributed by atoms with Gasteiger partial charge in [-0.2, -0.15) is 5.26 Å². The summed E-state index contributed by atoms with van der Waals surface area (Å²) in [6.45, 7) is 2.82. The minimum absolute atomic E-state index is 0.448. The van der Waals surface area contributed by atoms with Crippen LogP contribution < -0.4 is 0 Å². The van der Waals surface area contributed by atoms with Gasteiger partial charge in [0.25, 0.3) is 0 Å². The van der Waals surface area contributed by atoms with E-state index >= 15 is 0 Å². The molecule has 0 atom stereocenters. The number of rotatable bonds is 3. The fourth-order valence-corrected chi connectivity index (χ4v) is 0.556. The fourth-order valence-electron chi connectivity index (χ4n) is 0.556. The summed E-state index contributed by atoms with van der Waals surface area (Å²) in [6, 6.07) is 2.01. The van der Waals surface area contributed by atoms with Gasteiger partial charge in [-0.3, -0.25) is 5.41 Å². The molecule has 0 rings (SSSR count). The van der Waals surface area contributed by atoms with Crippen LogP contribution in [0.15, 0.2) is 0 Å². The molecule has 0 aromatic rings. The van der Waals surface area contributed by atoms with Gasteiger partial charge < -0.3 is 4.90 Å². The Morgan fingerprint density at radius 1 is 1.70 bits per heavy atom. The van der Waals surface area contributed by atoms with Crippen LogP contribution in [0.5, 0.6) is 0 Å². The van der Waals surface area contributed by atoms with E-state index in [4.69, 9.17) is 10.7 Å². The van der Waals surface area contributed by atoms with E-state index in [1.807, 2.05) is 24.9 Å². The van der Waals surface area contributed by atoms with Gasteiger partial charge >= 0.3 is 0 Å². The zero-order valence-electron chi connectivity index (χ0n) is 6.52. The Hall–Kier alpha value is -1.04. The van der Waals surface area contributed by atoms with Crippen LogP contribution in [0, 0.1) is 16.7 Å². The van der Waals surface area contributed by atoms with Gasteiger partial charge in [0, 0.05) is 26.4 Å². The molecule has 10 heavy (non-hydrogen) atoms. The first-order valence-electron chi connectivity index (χ1n) is 3.37. The van der Waals surface area contributed by atoms with Gasteiger partial charge in [-0.25, -0.2) is 0 Å². The molecule has 1 N–H and O–H groups in total. The van der Waals surface area contributed by atoms with Crippen molar-refractivity contribution in [1.29, 1.82) is 10.7 Å². The monoisotopic (exact) mass is 139 g/mol. The summed E-state index contributed by atoms with van der Waals surface area (Å²) in [6.07, 6.45) is 1.02. The van der Waals surface area contributed by atoms with Crippen molar-refractivity contribution < 1.29 is 0 Å². The average molecular weight is 139 g/mol. The van der Waals surface area contributed by atoms with E-state index in [1.165, 1.54) is 0 Å². The van der Waals surface area contributed by atoms with E-state index in [-0.39, 0.29) is 0 Å². The Morgan fingerprint density at radius 2 is 2.30 bits per heavy atom. The molecule has 0 spiro atoms. The summed E-state index contributed by atoms with van der Waals surface area (Å²) in [5.74, 6) is 0.545. The maximum Gasteiger partial charge on any atom is 0.0965 e. The maximum atomic E-state index is 8.20. The first-order valence-corrected chi connectivity index (χ1v) is 3.37. The molecule has 3 nitrogen and oxygen atoms in total. The average Bonchev–Trinajstić information content (AvgIpc) is 1.98. The number of nitrogens with zero attached hydrogens (tertiary/aromatic N) is 2. The maximum absolute atomic E-state index is 8.20. The van der Waals surface area contributed by atoms with E-state index < -0.39 is 0 Å². The van der Waals surface area contributed by atoms with Crippen LogP contribution >= 0.6 is 0 Å². The third-order valence-electron chi connectivity index (χ3n) is 1.41. The summed E-state index contributed by atoms with van der Waals surface area (Å²) in [7, 11) is 1.86. The predicted octanol–water partition coefficient (Wildman–Crippen LogP) is 1.22. The summed E-state index contributed by atoms with van der Waals surface area (Å²) in [5, 5.41) is 15.6. The predicted molar refractivity (Wildman–Crippen MR) is 40.9 cm³/mol. The van der Waals surface area contributed by atoms with Crippen LogP contribution in [0.3, 0.4) is 0 Å². The Kier molecular flexibility index (Phi) is 4.30. The largest absolute Gasteiger partial charge is 0.364 e. The molecule has 0 unspecified atom stereocenters. The van der Waals surface area contributed by atoms with Gasteiger partial charge in [-0.1, -0.05) is 0 Å². The topological polar surface area (TPSA) is 50.9 Å². The minimum Gasteiger partial charge on any atom is -0.364 e. The van der Waals surface area contributed by atoms with Crippen LogP contribution in [-0.2, 0) is 0 Å². The van der Waals surface area contributed by atoms with E-state index in [0.29, 0.717) is 18.7 Å². The highest BCUT2D eigenvalue weighted by atomic mass is 15.1. The lowest BCUT2D eigenvalue weighted by Gasteiger charge is -2.15. The van der Waals surface area contributed by atoms with Crippen molar-refractivity contribution >= 4 is 5.84 Å². The van der Waals surface area contributed by atoms with Crippen molar-refractivity contribution in [1.82, 2.24) is 4.90 Å². The lowest BCUT2D eigenvalue weighted by atomic mass is 10.3. The van der Waals surface area contributed by atoms with E-state index in [1.54, 1.807) is 0 Å². The zero-order chi connectivity index (χ0) is 7.98. The second-order valence-electron chi connectivity index (χ2n) is 2.12. The lowest BCUT2D eigenvalue weighted by molar-refractivity contribution is 0.518. The number of nitriles is 1. The zero-order valence-corrected chi connectivity index (χ0v) is 6.52. The van der Waals surface area contributed by atoms with Crippen molar-refractivity contribution in [3.05, 3.63) is 0 Å². The third-order valence-corrected chi connectivity index (χ3v) is 1.41. The highest BCUT2D eigenvalue weighted by Crippen LogP contribution is 1.93. The molecule has 0 saturated heterocycles. The van der Waals surface area contributed by atoms with Crippen molar-refractivity contribution in [2.24, 2.45) is 0 Å². The summed E-state index contributed by atoms with van der Waals surface area (Å²) in [4.78, 5) is 1.83. The molecule has 0 aliphatic carbocycles. The van der Waals surface area contributed by atoms with Gasteiger partial charge in [0.1, 0.15) is 0 Å². The highest BCUT2D eigenvalue weighted by molar-refractivity contribution is 5.78. The van der Waals surface area contributed by atoms with E-state index in [9.17, 15) is 0 Å². The molecule has 0 aromatic heterocycles. The number of hydrogen-bond acceptors (Lipinski definition) is 2. The molecule has 0 fully saturated rings. The minimum atomic E-state index is 0.448. The summed E-state index contributed by atoms with van der Waals surface area (Å²) < 4.78 is 0. The van der Waals surface area contributed by atoms with Crippen molar-refractivity contribution in [2.75, 3.05) is 13.6 Å². The number of nitrogens with one attached hydrogen (secondary N) is 1. The first-order chi connectivity index (χ1) is 4.72. The lowest BCUT2D eigenvalue weighted by Crippen LogP contribution is -2.24.